The second-order valence-electron chi connectivity index (χ2n) is 5.37. The molecule has 0 heterocycles. The third-order valence-electron chi connectivity index (χ3n) is 2.79. The highest BCUT2D eigenvalue weighted by molar-refractivity contribution is 6.35. The molecule has 0 radical (unpaired) electrons. The van der Waals surface area contributed by atoms with Crippen LogP contribution in [0, 0.1) is 5.92 Å². The molecule has 0 saturated heterocycles. The topological polar surface area (TPSA) is 129 Å². The van der Waals surface area contributed by atoms with E-state index in [1.165, 1.54) is 25.5 Å². The largest absolute Gasteiger partial charge is 0.546 e. The molecule has 0 bridgehead atoms. The van der Waals surface area contributed by atoms with Gasteiger partial charge in [0.2, 0.25) is 0 Å². The summed E-state index contributed by atoms with van der Waals surface area (Å²) in [6, 6.07) is 4.58. The number of carbonyl (C=O) groups is 3. The first-order valence-electron chi connectivity index (χ1n) is 7.45. The van der Waals surface area contributed by atoms with Crippen molar-refractivity contribution in [2.24, 2.45) is 11.0 Å². The summed E-state index contributed by atoms with van der Waals surface area (Å²) < 4.78 is 10.1. The molecule has 0 aliphatic heterocycles. The van der Waals surface area contributed by atoms with Crippen molar-refractivity contribution in [1.82, 2.24) is 10.7 Å². The van der Waals surface area contributed by atoms with Crippen LogP contribution in [0.3, 0.4) is 0 Å². The maximum Gasteiger partial charge on any atom is 0.329 e. The van der Waals surface area contributed by atoms with E-state index >= 15 is 0 Å². The van der Waals surface area contributed by atoms with Crippen molar-refractivity contribution in [3.05, 3.63) is 23.8 Å². The minimum Gasteiger partial charge on any atom is -0.546 e. The molecule has 136 valence electrons. The Morgan fingerprint density at radius 2 is 1.96 bits per heavy atom. The number of methoxy groups -OCH3 is 1. The van der Waals surface area contributed by atoms with Gasteiger partial charge in [0.25, 0.3) is 0 Å². The van der Waals surface area contributed by atoms with Crippen molar-refractivity contribution < 1.29 is 29.0 Å². The van der Waals surface area contributed by atoms with Crippen molar-refractivity contribution in [2.45, 2.75) is 13.8 Å². The van der Waals surface area contributed by atoms with Crippen molar-refractivity contribution in [3.63, 3.8) is 0 Å². The number of nitrogens with zero attached hydrogens (tertiary/aromatic N) is 1. The maximum absolute atomic E-state index is 11.5. The fourth-order valence-electron chi connectivity index (χ4n) is 1.61. The first kappa shape index (κ1) is 19.9. The van der Waals surface area contributed by atoms with Gasteiger partial charge in [0, 0.05) is 6.54 Å². The van der Waals surface area contributed by atoms with Crippen LogP contribution in [0.1, 0.15) is 19.4 Å². The number of ether oxygens (including phenoxy) is 2. The quantitative estimate of drug-likeness (QED) is 0.353. The summed E-state index contributed by atoms with van der Waals surface area (Å²) in [5.74, 6) is -2.27. The van der Waals surface area contributed by atoms with Crippen molar-refractivity contribution in [1.29, 1.82) is 0 Å². The van der Waals surface area contributed by atoms with E-state index in [1.807, 2.05) is 13.8 Å². The normalized spacial score (nSPS) is 10.6. The van der Waals surface area contributed by atoms with Gasteiger partial charge in [0.15, 0.2) is 11.5 Å². The third kappa shape index (κ3) is 7.34. The molecule has 0 aromatic heterocycles. The van der Waals surface area contributed by atoms with Crippen LogP contribution < -0.4 is 25.3 Å². The molecule has 1 aromatic carbocycles. The standard InChI is InChI=1S/C16H21N3O6/c1-10(2)7-17-15(22)16(23)19-18-8-11-4-5-12(13(6-11)24-3)25-9-14(20)21/h4-6,8,10H,7,9H2,1-3H3,(H,17,22)(H,19,23)(H,20,21)/p-1/b18-8-. The van der Waals surface area contributed by atoms with E-state index in [0.29, 0.717) is 12.1 Å². The van der Waals surface area contributed by atoms with E-state index < -0.39 is 24.4 Å². The molecule has 0 spiro atoms. The minimum atomic E-state index is -1.36. The van der Waals surface area contributed by atoms with Crippen LogP contribution >= 0.6 is 0 Å². The van der Waals surface area contributed by atoms with Gasteiger partial charge in [0.1, 0.15) is 6.61 Å². The van der Waals surface area contributed by atoms with Crippen molar-refractivity contribution in [2.75, 3.05) is 20.3 Å². The first-order chi connectivity index (χ1) is 11.8. The average molecular weight is 350 g/mol. The number of carboxylic acid groups (broad SMARTS) is 1. The Hall–Kier alpha value is -3.10. The Balaban J connectivity index is 2.63. The second kappa shape index (κ2) is 9.91. The van der Waals surface area contributed by atoms with Crippen LogP contribution in [-0.4, -0.2) is 44.3 Å². The molecule has 9 heteroatoms. The Morgan fingerprint density at radius 1 is 1.24 bits per heavy atom. The van der Waals surface area contributed by atoms with E-state index in [4.69, 9.17) is 9.47 Å². The number of hydrazone groups is 1. The number of carbonyl (C=O) groups excluding carboxylic acids is 3. The Morgan fingerprint density at radius 3 is 2.56 bits per heavy atom. The summed E-state index contributed by atoms with van der Waals surface area (Å²) in [4.78, 5) is 33.4. The van der Waals surface area contributed by atoms with Gasteiger partial charge in [-0.2, -0.15) is 5.10 Å². The number of hydrogen-bond acceptors (Lipinski definition) is 7. The molecule has 0 unspecified atom stereocenters. The van der Waals surface area contributed by atoms with E-state index in [1.54, 1.807) is 6.07 Å². The van der Waals surface area contributed by atoms with Crippen LogP contribution in [0.15, 0.2) is 23.3 Å². The molecular formula is C16H20N3O6-. The minimum absolute atomic E-state index is 0.223. The lowest BCUT2D eigenvalue weighted by atomic mass is 10.2. The molecular weight excluding hydrogens is 330 g/mol. The first-order valence-corrected chi connectivity index (χ1v) is 7.45. The number of carboxylic acids is 1. The molecule has 0 aliphatic rings. The number of aliphatic carboxylic acids is 1. The monoisotopic (exact) mass is 350 g/mol. The number of benzene rings is 1. The van der Waals surface area contributed by atoms with E-state index in [9.17, 15) is 19.5 Å². The van der Waals surface area contributed by atoms with Crippen LogP contribution in [0.5, 0.6) is 11.5 Å². The van der Waals surface area contributed by atoms with Gasteiger partial charge in [0.05, 0.1) is 19.3 Å². The van der Waals surface area contributed by atoms with Gasteiger partial charge >= 0.3 is 11.8 Å². The van der Waals surface area contributed by atoms with Crippen LogP contribution in [0.2, 0.25) is 0 Å². The lowest BCUT2D eigenvalue weighted by Crippen LogP contribution is -2.39. The summed E-state index contributed by atoms with van der Waals surface area (Å²) in [5, 5.41) is 16.6. The van der Waals surface area contributed by atoms with Crippen LogP contribution in [-0.2, 0) is 14.4 Å². The summed E-state index contributed by atoms with van der Waals surface area (Å²) in [6.07, 6.45) is 1.30. The molecule has 0 saturated carbocycles. The number of rotatable bonds is 8. The Kier molecular flexibility index (Phi) is 7.91. The molecule has 1 aromatic rings. The average Bonchev–Trinajstić information content (AvgIpc) is 2.57. The van der Waals surface area contributed by atoms with Crippen molar-refractivity contribution >= 4 is 24.0 Å². The predicted molar refractivity (Wildman–Crippen MR) is 87.1 cm³/mol. The van der Waals surface area contributed by atoms with E-state index in [2.05, 4.69) is 15.8 Å². The predicted octanol–water partition coefficient (Wildman–Crippen LogP) is -0.954. The summed E-state index contributed by atoms with van der Waals surface area (Å²) in [7, 11) is 1.39. The van der Waals surface area contributed by atoms with E-state index in [0.717, 1.165) is 0 Å². The molecule has 1 rings (SSSR count). The molecule has 2 amide bonds. The molecule has 9 nitrogen and oxygen atoms in total. The molecule has 0 atom stereocenters. The van der Waals surface area contributed by atoms with Crippen LogP contribution in [0.25, 0.3) is 0 Å². The molecule has 0 fully saturated rings. The van der Waals surface area contributed by atoms with Gasteiger partial charge < -0.3 is 24.7 Å². The lowest BCUT2D eigenvalue weighted by molar-refractivity contribution is -0.307. The highest BCUT2D eigenvalue weighted by Crippen LogP contribution is 2.27. The second-order valence-corrected chi connectivity index (χ2v) is 5.37. The zero-order chi connectivity index (χ0) is 18.8. The summed E-state index contributed by atoms with van der Waals surface area (Å²) in [6.45, 7) is 3.60. The number of hydrogen-bond donors (Lipinski definition) is 2. The molecule has 2 N–H and O–H groups in total. The van der Waals surface area contributed by atoms with Crippen molar-refractivity contribution in [3.8, 4) is 11.5 Å². The molecule has 25 heavy (non-hydrogen) atoms. The van der Waals surface area contributed by atoms with Gasteiger partial charge in [-0.25, -0.2) is 5.43 Å². The molecule has 0 aliphatic carbocycles. The number of amides is 2. The zero-order valence-electron chi connectivity index (χ0n) is 14.2. The maximum atomic E-state index is 11.5. The fourth-order valence-corrected chi connectivity index (χ4v) is 1.61. The summed E-state index contributed by atoms with van der Waals surface area (Å²) in [5.41, 5.74) is 2.65. The van der Waals surface area contributed by atoms with Crippen LogP contribution in [0.4, 0.5) is 0 Å². The van der Waals surface area contributed by atoms with Gasteiger partial charge in [-0.1, -0.05) is 13.8 Å². The Bertz CT molecular complexity index is 657. The third-order valence-corrected chi connectivity index (χ3v) is 2.79. The van der Waals surface area contributed by atoms with E-state index in [-0.39, 0.29) is 17.4 Å². The number of nitrogens with one attached hydrogen (secondary N) is 2. The van der Waals surface area contributed by atoms with Gasteiger partial charge in [-0.05, 0) is 29.7 Å². The Labute approximate surface area is 145 Å². The smallest absolute Gasteiger partial charge is 0.329 e. The highest BCUT2D eigenvalue weighted by Gasteiger charge is 2.12. The SMILES string of the molecule is COc1cc(/C=N\NC(=O)C(=O)NCC(C)C)ccc1OCC(=O)[O-]. The highest BCUT2D eigenvalue weighted by atomic mass is 16.5. The zero-order valence-corrected chi connectivity index (χ0v) is 14.2. The summed E-state index contributed by atoms with van der Waals surface area (Å²) >= 11 is 0. The fraction of sp³-hybridized carbons (Fsp3) is 0.375. The van der Waals surface area contributed by atoms with Gasteiger partial charge in [-0.15, -0.1) is 0 Å². The van der Waals surface area contributed by atoms with Gasteiger partial charge in [-0.3, -0.25) is 9.59 Å². The lowest BCUT2D eigenvalue weighted by Gasteiger charge is -2.11.